The van der Waals surface area contributed by atoms with Crippen molar-refractivity contribution in [2.75, 3.05) is 0 Å². The summed E-state index contributed by atoms with van der Waals surface area (Å²) >= 11 is 3.35. The Labute approximate surface area is 147 Å². The first-order valence-electron chi connectivity index (χ1n) is 7.91. The average molecular weight is 353 g/mol. The molecule has 4 aromatic rings. The molecule has 3 heterocycles. The van der Waals surface area contributed by atoms with Gasteiger partial charge in [-0.25, -0.2) is 4.98 Å². The fraction of sp³-hybridized carbons (Fsp3) is 0.235. The molecule has 0 radical (unpaired) electrons. The number of aromatic nitrogens is 5. The van der Waals surface area contributed by atoms with Gasteiger partial charge in [0.2, 0.25) is 0 Å². The number of hydrogen-bond donors (Lipinski definition) is 1. The van der Waals surface area contributed by atoms with Crippen LogP contribution in [0.25, 0.3) is 22.3 Å². The second-order valence-corrected chi connectivity index (χ2v) is 7.58. The van der Waals surface area contributed by atoms with E-state index in [0.29, 0.717) is 6.04 Å². The molecule has 5 rings (SSSR count). The number of aromatic amines is 1. The first-order chi connectivity index (χ1) is 11.9. The predicted molar refractivity (Wildman–Crippen MR) is 97.3 cm³/mol. The Balaban J connectivity index is 1.54. The van der Waals surface area contributed by atoms with Crippen molar-refractivity contribution in [3.63, 3.8) is 0 Å². The first-order valence-corrected chi connectivity index (χ1v) is 9.84. The Morgan fingerprint density at radius 2 is 2.17 bits per heavy atom. The molecular formula is C17H15N5S2. The number of fused-ring (bicyclic) bond motifs is 1. The first kappa shape index (κ1) is 14.2. The monoisotopic (exact) mass is 353 g/mol. The van der Waals surface area contributed by atoms with Crippen LogP contribution >= 0.6 is 23.1 Å². The molecule has 0 bridgehead atoms. The second-order valence-electron chi connectivity index (χ2n) is 5.92. The molecular weight excluding hydrogens is 338 g/mol. The Hall–Kier alpha value is -2.12. The Morgan fingerprint density at radius 1 is 1.25 bits per heavy atom. The zero-order chi connectivity index (χ0) is 15.9. The van der Waals surface area contributed by atoms with Crippen LogP contribution in [0.3, 0.4) is 0 Å². The van der Waals surface area contributed by atoms with Crippen LogP contribution in [0, 0.1) is 0 Å². The van der Waals surface area contributed by atoms with Crippen LogP contribution in [0.5, 0.6) is 0 Å². The number of H-pyrrole nitrogens is 1. The van der Waals surface area contributed by atoms with E-state index in [-0.39, 0.29) is 0 Å². The van der Waals surface area contributed by atoms with Gasteiger partial charge in [0.25, 0.3) is 0 Å². The molecule has 1 fully saturated rings. The molecule has 3 aromatic heterocycles. The molecule has 0 spiro atoms. The molecule has 1 aromatic carbocycles. The van der Waals surface area contributed by atoms with Crippen LogP contribution in [0.4, 0.5) is 0 Å². The molecule has 24 heavy (non-hydrogen) atoms. The van der Waals surface area contributed by atoms with Crippen LogP contribution < -0.4 is 0 Å². The molecule has 0 atom stereocenters. The zero-order valence-electron chi connectivity index (χ0n) is 12.8. The van der Waals surface area contributed by atoms with Crippen LogP contribution in [0.15, 0.2) is 46.5 Å². The van der Waals surface area contributed by atoms with Crippen molar-refractivity contribution in [1.29, 1.82) is 0 Å². The highest BCUT2D eigenvalue weighted by Crippen LogP contribution is 2.42. The highest BCUT2D eigenvalue weighted by atomic mass is 32.2. The van der Waals surface area contributed by atoms with E-state index >= 15 is 0 Å². The number of hydrogen-bond acceptors (Lipinski definition) is 5. The summed E-state index contributed by atoms with van der Waals surface area (Å²) in [7, 11) is 0. The van der Waals surface area contributed by atoms with Crippen LogP contribution in [0.1, 0.15) is 24.6 Å². The predicted octanol–water partition coefficient (Wildman–Crippen LogP) is 4.51. The molecule has 1 aliphatic rings. The molecule has 1 N–H and O–H groups in total. The molecule has 120 valence electrons. The Kier molecular flexibility index (Phi) is 3.41. The van der Waals surface area contributed by atoms with Crippen LogP contribution in [-0.2, 0) is 5.75 Å². The van der Waals surface area contributed by atoms with Crippen molar-refractivity contribution in [2.24, 2.45) is 0 Å². The minimum absolute atomic E-state index is 0.529. The van der Waals surface area contributed by atoms with Gasteiger partial charge >= 0.3 is 0 Å². The third-order valence-corrected chi connectivity index (χ3v) is 5.85. The fourth-order valence-electron chi connectivity index (χ4n) is 2.92. The van der Waals surface area contributed by atoms with Crippen LogP contribution in [-0.4, -0.2) is 24.7 Å². The van der Waals surface area contributed by atoms with E-state index in [1.165, 1.54) is 18.2 Å². The van der Waals surface area contributed by atoms with Gasteiger partial charge in [0.05, 0.1) is 11.2 Å². The second kappa shape index (κ2) is 5.75. The molecule has 0 unspecified atom stereocenters. The van der Waals surface area contributed by atoms with Crippen molar-refractivity contribution in [1.82, 2.24) is 24.7 Å². The van der Waals surface area contributed by atoms with E-state index in [1.54, 1.807) is 23.1 Å². The summed E-state index contributed by atoms with van der Waals surface area (Å²) in [5.74, 6) is 1.80. The minimum Gasteiger partial charge on any atom is -0.360 e. The lowest BCUT2D eigenvalue weighted by molar-refractivity contribution is 0.669. The molecule has 1 saturated carbocycles. The third-order valence-electron chi connectivity index (χ3n) is 4.24. The van der Waals surface area contributed by atoms with Gasteiger partial charge in [-0.2, -0.15) is 0 Å². The zero-order valence-corrected chi connectivity index (χ0v) is 14.5. The lowest BCUT2D eigenvalue weighted by Gasteiger charge is -2.07. The van der Waals surface area contributed by atoms with Gasteiger partial charge in [-0.3, -0.25) is 4.57 Å². The van der Waals surface area contributed by atoms with Gasteiger partial charge < -0.3 is 4.98 Å². The van der Waals surface area contributed by atoms with Gasteiger partial charge in [-0.05, 0) is 18.9 Å². The summed E-state index contributed by atoms with van der Waals surface area (Å²) in [6, 6.07) is 8.87. The van der Waals surface area contributed by atoms with E-state index in [4.69, 9.17) is 0 Å². The SMILES string of the molecule is c1ccc2c(-c3nnc(SCc4cscn4)n3C3CC3)c[nH]c2c1. The van der Waals surface area contributed by atoms with E-state index in [9.17, 15) is 0 Å². The smallest absolute Gasteiger partial charge is 0.192 e. The largest absolute Gasteiger partial charge is 0.360 e. The maximum Gasteiger partial charge on any atom is 0.192 e. The summed E-state index contributed by atoms with van der Waals surface area (Å²) in [5.41, 5.74) is 5.24. The van der Waals surface area contributed by atoms with Gasteiger partial charge in [0.1, 0.15) is 0 Å². The number of nitrogens with one attached hydrogen (secondary N) is 1. The minimum atomic E-state index is 0.529. The summed E-state index contributed by atoms with van der Waals surface area (Å²) in [4.78, 5) is 7.69. The van der Waals surface area contributed by atoms with Crippen molar-refractivity contribution >= 4 is 34.0 Å². The average Bonchev–Trinajstić information content (AvgIpc) is 3.04. The highest BCUT2D eigenvalue weighted by molar-refractivity contribution is 7.98. The summed E-state index contributed by atoms with van der Waals surface area (Å²) < 4.78 is 2.31. The maximum absolute atomic E-state index is 4.52. The quantitative estimate of drug-likeness (QED) is 0.536. The van der Waals surface area contributed by atoms with Gasteiger partial charge in [-0.1, -0.05) is 30.0 Å². The van der Waals surface area contributed by atoms with E-state index in [2.05, 4.69) is 48.3 Å². The van der Waals surface area contributed by atoms with Crippen molar-refractivity contribution in [3.8, 4) is 11.4 Å². The summed E-state index contributed by atoms with van der Waals surface area (Å²) in [6.45, 7) is 0. The molecule has 7 heteroatoms. The Morgan fingerprint density at radius 3 is 3.00 bits per heavy atom. The van der Waals surface area contributed by atoms with E-state index < -0.39 is 0 Å². The van der Waals surface area contributed by atoms with E-state index in [1.807, 2.05) is 17.8 Å². The summed E-state index contributed by atoms with van der Waals surface area (Å²) in [6.07, 6.45) is 4.46. The molecule has 0 aliphatic heterocycles. The number of thioether (sulfide) groups is 1. The summed E-state index contributed by atoms with van der Waals surface area (Å²) in [5, 5.41) is 13.3. The standard InChI is InChI=1S/C17H15N5S2/c1-2-4-15-13(3-1)14(7-18-15)16-20-21-17(22(16)12-5-6-12)24-9-11-8-23-10-19-11/h1-4,7-8,10,12,18H,5-6,9H2. The van der Waals surface area contributed by atoms with Gasteiger partial charge in [-0.15, -0.1) is 21.5 Å². The van der Waals surface area contributed by atoms with Gasteiger partial charge in [0, 0.05) is 39.8 Å². The normalized spacial score (nSPS) is 14.5. The van der Waals surface area contributed by atoms with Crippen molar-refractivity contribution in [3.05, 3.63) is 47.0 Å². The molecule has 0 saturated heterocycles. The third kappa shape index (κ3) is 2.44. The number of rotatable bonds is 5. The van der Waals surface area contributed by atoms with Crippen LogP contribution in [0.2, 0.25) is 0 Å². The number of thiazole rings is 1. The topological polar surface area (TPSA) is 59.4 Å². The number of nitrogens with zero attached hydrogens (tertiary/aromatic N) is 4. The van der Waals surface area contributed by atoms with Crippen molar-refractivity contribution < 1.29 is 0 Å². The Bertz CT molecular complexity index is 982. The molecule has 5 nitrogen and oxygen atoms in total. The lowest BCUT2D eigenvalue weighted by atomic mass is 10.1. The molecule has 0 amide bonds. The lowest BCUT2D eigenvalue weighted by Crippen LogP contribution is -1.99. The molecule has 1 aliphatic carbocycles. The van der Waals surface area contributed by atoms with E-state index in [0.717, 1.165) is 33.5 Å². The highest BCUT2D eigenvalue weighted by Gasteiger charge is 2.30. The van der Waals surface area contributed by atoms with Gasteiger partial charge in [0.15, 0.2) is 11.0 Å². The maximum atomic E-state index is 4.52. The number of para-hydroxylation sites is 1. The number of benzene rings is 1. The fourth-order valence-corrected chi connectivity index (χ4v) is 4.50. The van der Waals surface area contributed by atoms with Crippen molar-refractivity contribution in [2.45, 2.75) is 29.8 Å².